The number of carbonyl (C=O) groups is 2. The fourth-order valence-corrected chi connectivity index (χ4v) is 4.59. The van der Waals surface area contributed by atoms with Crippen LogP contribution in [0.4, 0.5) is 5.82 Å². The fraction of sp³-hybridized carbons (Fsp3) is 0.286. The van der Waals surface area contributed by atoms with Gasteiger partial charge in [0.2, 0.25) is 0 Å². The molecule has 0 radical (unpaired) electrons. The molecule has 1 fully saturated rings. The molecule has 3 aromatic heterocycles. The van der Waals surface area contributed by atoms with Gasteiger partial charge in [-0.15, -0.1) is 0 Å². The molecule has 188 valence electrons. The topological polar surface area (TPSA) is 101 Å². The normalized spacial score (nSPS) is 17.5. The summed E-state index contributed by atoms with van der Waals surface area (Å²) in [6, 6.07) is 14.5. The number of nitrogens with zero attached hydrogens (tertiary/aromatic N) is 6. The first-order valence-electron chi connectivity index (χ1n) is 12.2. The number of fused-ring (bicyclic) bond motifs is 1. The van der Waals surface area contributed by atoms with Gasteiger partial charge in [0.1, 0.15) is 17.0 Å². The van der Waals surface area contributed by atoms with E-state index in [2.05, 4.69) is 28.7 Å². The molecule has 2 atom stereocenters. The van der Waals surface area contributed by atoms with Crippen molar-refractivity contribution in [3.63, 3.8) is 0 Å². The number of hydrogen-bond acceptors (Lipinski definition) is 8. The number of aldehydes is 1. The van der Waals surface area contributed by atoms with Crippen LogP contribution in [0.25, 0.3) is 22.4 Å². The number of ether oxygens (including phenoxy) is 1. The van der Waals surface area contributed by atoms with E-state index in [1.807, 2.05) is 24.3 Å². The summed E-state index contributed by atoms with van der Waals surface area (Å²) in [6.07, 6.45) is 4.32. The van der Waals surface area contributed by atoms with Crippen molar-refractivity contribution in [2.75, 3.05) is 25.0 Å². The van der Waals surface area contributed by atoms with Crippen molar-refractivity contribution in [1.82, 2.24) is 24.8 Å². The van der Waals surface area contributed by atoms with Crippen LogP contribution in [0, 0.1) is 0 Å². The SMILES string of the molecule is C[C@@H]1CN(c2cccc(-c3cnc4cnc(CN(C)C(=O)c5ccccc5C=O)cc4n3)n2)C[C@H](C)O1. The molecule has 1 aliphatic heterocycles. The standard InChI is InChI=1S/C28H28N6O3/c1-18-14-34(15-19(2)37-18)27-10-6-9-23(32-27)26-13-30-25-12-29-21(11-24(25)31-26)16-33(3)28(36)22-8-5-4-7-20(22)17-35/h4-13,17-19H,14-16H2,1-3H3/t18-,19+. The van der Waals surface area contributed by atoms with E-state index >= 15 is 0 Å². The van der Waals surface area contributed by atoms with Crippen LogP contribution in [0.1, 0.15) is 40.3 Å². The van der Waals surface area contributed by atoms with Gasteiger partial charge in [-0.2, -0.15) is 0 Å². The number of benzene rings is 1. The Bertz CT molecular complexity index is 1450. The first-order chi connectivity index (χ1) is 17.9. The number of rotatable bonds is 6. The third-order valence-electron chi connectivity index (χ3n) is 6.29. The van der Waals surface area contributed by atoms with Gasteiger partial charge in [-0.05, 0) is 38.1 Å². The fourth-order valence-electron chi connectivity index (χ4n) is 4.59. The Morgan fingerprint density at radius 3 is 2.57 bits per heavy atom. The molecular formula is C28H28N6O3. The highest BCUT2D eigenvalue weighted by atomic mass is 16.5. The Morgan fingerprint density at radius 1 is 1.00 bits per heavy atom. The van der Waals surface area contributed by atoms with Gasteiger partial charge in [0.15, 0.2) is 6.29 Å². The van der Waals surface area contributed by atoms with Gasteiger partial charge in [-0.25, -0.2) is 9.97 Å². The zero-order valence-corrected chi connectivity index (χ0v) is 21.0. The van der Waals surface area contributed by atoms with Crippen LogP contribution in [0.5, 0.6) is 0 Å². The van der Waals surface area contributed by atoms with Crippen molar-refractivity contribution < 1.29 is 14.3 Å². The molecule has 4 aromatic rings. The molecule has 37 heavy (non-hydrogen) atoms. The number of amides is 1. The van der Waals surface area contributed by atoms with Gasteiger partial charge in [0.05, 0.1) is 53.6 Å². The molecule has 1 aromatic carbocycles. The summed E-state index contributed by atoms with van der Waals surface area (Å²) in [5.74, 6) is 0.629. The lowest BCUT2D eigenvalue weighted by Gasteiger charge is -2.36. The second-order valence-electron chi connectivity index (χ2n) is 9.33. The summed E-state index contributed by atoms with van der Waals surface area (Å²) in [6.45, 7) is 5.96. The first kappa shape index (κ1) is 24.5. The van der Waals surface area contributed by atoms with E-state index in [9.17, 15) is 9.59 Å². The lowest BCUT2D eigenvalue weighted by Crippen LogP contribution is -2.45. The van der Waals surface area contributed by atoms with Crippen LogP contribution in [0.2, 0.25) is 0 Å². The van der Waals surface area contributed by atoms with E-state index in [0.29, 0.717) is 39.8 Å². The summed E-state index contributed by atoms with van der Waals surface area (Å²) in [5.41, 5.74) is 4.09. The van der Waals surface area contributed by atoms with E-state index in [1.54, 1.807) is 43.7 Å². The number of carbonyl (C=O) groups excluding carboxylic acids is 2. The van der Waals surface area contributed by atoms with Gasteiger partial charge < -0.3 is 14.5 Å². The Hall–Kier alpha value is -4.24. The second kappa shape index (κ2) is 10.4. The van der Waals surface area contributed by atoms with Crippen LogP contribution in [0.3, 0.4) is 0 Å². The maximum atomic E-state index is 12.9. The summed E-state index contributed by atoms with van der Waals surface area (Å²) in [5, 5.41) is 0. The van der Waals surface area contributed by atoms with E-state index in [1.165, 1.54) is 4.90 Å². The second-order valence-corrected chi connectivity index (χ2v) is 9.33. The molecule has 1 aliphatic rings. The van der Waals surface area contributed by atoms with Crippen molar-refractivity contribution >= 4 is 29.0 Å². The van der Waals surface area contributed by atoms with E-state index in [-0.39, 0.29) is 24.7 Å². The van der Waals surface area contributed by atoms with Crippen LogP contribution in [-0.4, -0.2) is 69.4 Å². The monoisotopic (exact) mass is 496 g/mol. The Labute approximate surface area is 215 Å². The zero-order valence-electron chi connectivity index (χ0n) is 21.0. The number of anilines is 1. The molecule has 0 unspecified atom stereocenters. The summed E-state index contributed by atoms with van der Waals surface area (Å²) >= 11 is 0. The first-order valence-corrected chi connectivity index (χ1v) is 12.2. The molecule has 4 heterocycles. The Balaban J connectivity index is 1.38. The van der Waals surface area contributed by atoms with Crippen LogP contribution < -0.4 is 4.90 Å². The molecule has 0 bridgehead atoms. The Morgan fingerprint density at radius 2 is 1.78 bits per heavy atom. The number of aromatic nitrogens is 4. The van der Waals surface area contributed by atoms with Crippen LogP contribution >= 0.6 is 0 Å². The summed E-state index contributed by atoms with van der Waals surface area (Å²) in [7, 11) is 1.68. The third kappa shape index (κ3) is 5.31. The lowest BCUT2D eigenvalue weighted by atomic mass is 10.1. The molecule has 5 rings (SSSR count). The van der Waals surface area contributed by atoms with Crippen molar-refractivity contribution in [3.8, 4) is 11.4 Å². The highest BCUT2D eigenvalue weighted by molar-refractivity contribution is 6.01. The molecule has 0 aliphatic carbocycles. The molecular weight excluding hydrogens is 468 g/mol. The maximum Gasteiger partial charge on any atom is 0.254 e. The van der Waals surface area contributed by atoms with E-state index in [4.69, 9.17) is 14.7 Å². The maximum absolute atomic E-state index is 12.9. The van der Waals surface area contributed by atoms with Crippen molar-refractivity contribution in [3.05, 3.63) is 77.7 Å². The minimum absolute atomic E-state index is 0.137. The van der Waals surface area contributed by atoms with Gasteiger partial charge in [-0.3, -0.25) is 19.6 Å². The molecule has 9 heteroatoms. The zero-order chi connectivity index (χ0) is 25.9. The van der Waals surface area contributed by atoms with Gasteiger partial charge in [0.25, 0.3) is 5.91 Å². The molecule has 9 nitrogen and oxygen atoms in total. The highest BCUT2D eigenvalue weighted by Crippen LogP contribution is 2.23. The van der Waals surface area contributed by atoms with Crippen LogP contribution in [-0.2, 0) is 11.3 Å². The molecule has 1 saturated heterocycles. The highest BCUT2D eigenvalue weighted by Gasteiger charge is 2.23. The van der Waals surface area contributed by atoms with Crippen LogP contribution in [0.15, 0.2) is 60.9 Å². The summed E-state index contributed by atoms with van der Waals surface area (Å²) < 4.78 is 5.85. The van der Waals surface area contributed by atoms with Crippen molar-refractivity contribution in [2.24, 2.45) is 0 Å². The lowest BCUT2D eigenvalue weighted by molar-refractivity contribution is -0.00545. The quantitative estimate of drug-likeness (QED) is 0.372. The van der Waals surface area contributed by atoms with Crippen molar-refractivity contribution in [2.45, 2.75) is 32.6 Å². The minimum Gasteiger partial charge on any atom is -0.372 e. The largest absolute Gasteiger partial charge is 0.372 e. The third-order valence-corrected chi connectivity index (χ3v) is 6.29. The predicted octanol–water partition coefficient (Wildman–Crippen LogP) is 3.79. The van der Waals surface area contributed by atoms with E-state index in [0.717, 1.165) is 24.6 Å². The smallest absolute Gasteiger partial charge is 0.254 e. The van der Waals surface area contributed by atoms with E-state index < -0.39 is 0 Å². The number of morpholine rings is 1. The van der Waals surface area contributed by atoms with Gasteiger partial charge >= 0.3 is 0 Å². The molecule has 0 spiro atoms. The number of hydrogen-bond donors (Lipinski definition) is 0. The van der Waals surface area contributed by atoms with Gasteiger partial charge in [-0.1, -0.05) is 24.3 Å². The Kier molecular flexibility index (Phi) is 6.87. The average molecular weight is 497 g/mol. The average Bonchev–Trinajstić information content (AvgIpc) is 2.91. The van der Waals surface area contributed by atoms with Crippen molar-refractivity contribution in [1.29, 1.82) is 0 Å². The molecule has 0 saturated carbocycles. The summed E-state index contributed by atoms with van der Waals surface area (Å²) in [4.78, 5) is 46.7. The predicted molar refractivity (Wildman–Crippen MR) is 140 cm³/mol. The number of pyridine rings is 2. The van der Waals surface area contributed by atoms with Gasteiger partial charge in [0, 0.05) is 25.7 Å². The minimum atomic E-state index is -0.253. The molecule has 0 N–H and O–H groups in total. The molecule has 1 amide bonds.